The molecule has 7 nitrogen and oxygen atoms in total. The molecule has 0 aliphatic rings. The third-order valence-electron chi connectivity index (χ3n) is 4.62. The van der Waals surface area contributed by atoms with Crippen molar-refractivity contribution >= 4 is 20.2 Å². The fraction of sp³-hybridized carbons (Fsp3) is 0.588. The van der Waals surface area contributed by atoms with Gasteiger partial charge in [-0.25, -0.2) is 9.78 Å². The molecule has 1 unspecified atom stereocenters. The second-order valence-electron chi connectivity index (χ2n) is 7.72. The molecule has 0 spiro atoms. The van der Waals surface area contributed by atoms with Crippen molar-refractivity contribution in [3.63, 3.8) is 0 Å². The zero-order valence-electron chi connectivity index (χ0n) is 16.6. The first-order valence-electron chi connectivity index (χ1n) is 8.39. The summed E-state index contributed by atoms with van der Waals surface area (Å²) < 4.78 is 49.8. The highest BCUT2D eigenvalue weighted by Gasteiger charge is 2.39. The number of nitrogens with one attached hydrogen (secondary N) is 1. The number of carboxylic acid groups (broad SMARTS) is 1. The molecule has 0 aliphatic heterocycles. The highest BCUT2D eigenvalue weighted by molar-refractivity contribution is 6.74. The van der Waals surface area contributed by atoms with Crippen LogP contribution in [0.3, 0.4) is 0 Å². The Bertz CT molecular complexity index is 732. The van der Waals surface area contributed by atoms with Crippen molar-refractivity contribution in [2.24, 2.45) is 0 Å². The van der Waals surface area contributed by atoms with E-state index in [0.29, 0.717) is 12.1 Å². The molecule has 0 saturated carbocycles. The predicted octanol–water partition coefficient (Wildman–Crippen LogP) is 3.95. The number of alkyl halides is 3. The van der Waals surface area contributed by atoms with E-state index in [2.05, 4.69) is 4.98 Å². The number of hydrogen-bond acceptors (Lipinski definition) is 5. The molecule has 0 radical (unpaired) electrons. The molecule has 1 aromatic rings. The normalized spacial score (nSPS) is 13.8. The number of halogens is 3. The molecule has 1 amide bonds. The zero-order chi connectivity index (χ0) is 21.9. The SMILES string of the molecule is COc1cc(C(F)(F)F)cc(C(=O)C(CO[Si](C)(C)C(C)(C)C)NC(=O)O)n1. The summed E-state index contributed by atoms with van der Waals surface area (Å²) in [6.45, 7) is 9.36. The van der Waals surface area contributed by atoms with E-state index in [1.165, 1.54) is 0 Å². The summed E-state index contributed by atoms with van der Waals surface area (Å²) in [5.41, 5.74) is -1.69. The lowest BCUT2D eigenvalue weighted by Crippen LogP contribution is -2.49. The van der Waals surface area contributed by atoms with Gasteiger partial charge in [0.25, 0.3) is 0 Å². The van der Waals surface area contributed by atoms with Crippen molar-refractivity contribution in [2.75, 3.05) is 13.7 Å². The second-order valence-corrected chi connectivity index (χ2v) is 12.5. The van der Waals surface area contributed by atoms with E-state index in [-0.39, 0.29) is 11.6 Å². The molecule has 0 fully saturated rings. The van der Waals surface area contributed by atoms with E-state index in [1.807, 2.05) is 39.2 Å². The van der Waals surface area contributed by atoms with Crippen LogP contribution in [0.2, 0.25) is 18.1 Å². The number of ketones is 1. The Balaban J connectivity index is 3.22. The number of nitrogens with zero attached hydrogens (tertiary/aromatic N) is 1. The molecule has 1 aromatic heterocycles. The molecule has 28 heavy (non-hydrogen) atoms. The average molecular weight is 422 g/mol. The van der Waals surface area contributed by atoms with Crippen LogP contribution in [0, 0.1) is 0 Å². The molecular weight excluding hydrogens is 397 g/mol. The Morgan fingerprint density at radius 3 is 2.25 bits per heavy atom. The Hall–Kier alpha value is -2.14. The van der Waals surface area contributed by atoms with Gasteiger partial charge in [-0.1, -0.05) is 20.8 Å². The first-order chi connectivity index (χ1) is 12.6. The van der Waals surface area contributed by atoms with Gasteiger partial charge in [0, 0.05) is 6.07 Å². The van der Waals surface area contributed by atoms with Gasteiger partial charge in [-0.15, -0.1) is 0 Å². The lowest BCUT2D eigenvalue weighted by atomic mass is 10.1. The maximum Gasteiger partial charge on any atom is 0.416 e. The van der Waals surface area contributed by atoms with Crippen LogP contribution in [-0.4, -0.2) is 50.0 Å². The van der Waals surface area contributed by atoms with E-state index in [1.54, 1.807) is 0 Å². The summed E-state index contributed by atoms with van der Waals surface area (Å²) in [7, 11) is -1.22. The molecule has 0 aliphatic carbocycles. The summed E-state index contributed by atoms with van der Waals surface area (Å²) in [5, 5.41) is 10.8. The van der Waals surface area contributed by atoms with Crippen molar-refractivity contribution in [2.45, 2.75) is 51.1 Å². The van der Waals surface area contributed by atoms with E-state index in [9.17, 15) is 22.8 Å². The summed E-state index contributed by atoms with van der Waals surface area (Å²) in [4.78, 5) is 27.5. The number of hydrogen-bond donors (Lipinski definition) is 2. The highest BCUT2D eigenvalue weighted by Crippen LogP contribution is 2.36. The number of aromatic nitrogens is 1. The Kier molecular flexibility index (Phi) is 7.23. The van der Waals surface area contributed by atoms with Gasteiger partial charge in [0.05, 0.1) is 19.3 Å². The topological polar surface area (TPSA) is 97.8 Å². The van der Waals surface area contributed by atoms with Gasteiger partial charge in [-0.3, -0.25) is 4.79 Å². The molecule has 0 saturated heterocycles. The van der Waals surface area contributed by atoms with Crippen LogP contribution in [0.4, 0.5) is 18.0 Å². The average Bonchev–Trinajstić information content (AvgIpc) is 2.55. The first kappa shape index (κ1) is 23.9. The maximum absolute atomic E-state index is 13.1. The van der Waals surface area contributed by atoms with E-state index >= 15 is 0 Å². The van der Waals surface area contributed by atoms with E-state index < -0.39 is 49.5 Å². The highest BCUT2D eigenvalue weighted by atomic mass is 28.4. The molecule has 2 N–H and O–H groups in total. The number of carbonyl (C=O) groups is 2. The van der Waals surface area contributed by atoms with Crippen molar-refractivity contribution < 1.29 is 37.0 Å². The van der Waals surface area contributed by atoms with Crippen LogP contribution in [0.15, 0.2) is 12.1 Å². The predicted molar refractivity (Wildman–Crippen MR) is 98.2 cm³/mol. The number of amides is 1. The summed E-state index contributed by atoms with van der Waals surface area (Å²) in [6, 6.07) is -0.191. The van der Waals surface area contributed by atoms with Gasteiger partial charge in [-0.2, -0.15) is 13.2 Å². The van der Waals surface area contributed by atoms with Gasteiger partial charge < -0.3 is 19.6 Å². The monoisotopic (exact) mass is 422 g/mol. The fourth-order valence-corrected chi connectivity index (χ4v) is 2.93. The van der Waals surface area contributed by atoms with Gasteiger partial charge in [0.15, 0.2) is 8.32 Å². The summed E-state index contributed by atoms with van der Waals surface area (Å²) in [6.07, 6.45) is -6.23. The molecule has 1 heterocycles. The van der Waals surface area contributed by atoms with Crippen molar-refractivity contribution in [3.05, 3.63) is 23.4 Å². The van der Waals surface area contributed by atoms with Crippen LogP contribution in [0.25, 0.3) is 0 Å². The van der Waals surface area contributed by atoms with Gasteiger partial charge >= 0.3 is 12.3 Å². The first-order valence-corrected chi connectivity index (χ1v) is 11.3. The molecule has 158 valence electrons. The minimum atomic E-state index is -4.72. The van der Waals surface area contributed by atoms with E-state index in [4.69, 9.17) is 14.3 Å². The lowest BCUT2D eigenvalue weighted by Gasteiger charge is -2.37. The number of ether oxygens (including phenoxy) is 1. The van der Waals surface area contributed by atoms with Crippen LogP contribution >= 0.6 is 0 Å². The third kappa shape index (κ3) is 6.19. The minimum absolute atomic E-state index is 0.207. The van der Waals surface area contributed by atoms with Gasteiger partial charge in [-0.05, 0) is 24.2 Å². The smallest absolute Gasteiger partial charge is 0.416 e. The lowest BCUT2D eigenvalue weighted by molar-refractivity contribution is -0.137. The molecule has 1 atom stereocenters. The number of carbonyl (C=O) groups excluding carboxylic acids is 1. The van der Waals surface area contributed by atoms with Crippen LogP contribution in [0.1, 0.15) is 36.8 Å². The number of rotatable bonds is 7. The number of methoxy groups -OCH3 is 1. The Morgan fingerprint density at radius 1 is 1.25 bits per heavy atom. The number of Topliss-reactive ketones (excluding diaryl/α,β-unsaturated/α-hetero) is 1. The Morgan fingerprint density at radius 2 is 1.82 bits per heavy atom. The van der Waals surface area contributed by atoms with E-state index in [0.717, 1.165) is 7.11 Å². The fourth-order valence-electron chi connectivity index (χ4n) is 1.92. The molecule has 0 aromatic carbocycles. The van der Waals surface area contributed by atoms with Crippen LogP contribution in [-0.2, 0) is 10.6 Å². The molecule has 1 rings (SSSR count). The quantitative estimate of drug-likeness (QED) is 0.510. The van der Waals surface area contributed by atoms with Gasteiger partial charge in [0.2, 0.25) is 11.7 Å². The van der Waals surface area contributed by atoms with Crippen LogP contribution in [0.5, 0.6) is 5.88 Å². The van der Waals surface area contributed by atoms with Crippen molar-refractivity contribution in [1.82, 2.24) is 10.3 Å². The maximum atomic E-state index is 13.1. The standard InChI is InChI=1S/C17H25F3N2O5Si/c1-16(2,3)28(5,6)27-9-12(22-15(24)25)14(23)11-7-10(17(18,19)20)8-13(21-11)26-4/h7-8,12,22H,9H2,1-6H3,(H,24,25). The minimum Gasteiger partial charge on any atom is -0.481 e. The van der Waals surface area contributed by atoms with Crippen molar-refractivity contribution in [1.29, 1.82) is 0 Å². The second kappa shape index (κ2) is 8.48. The summed E-state index contributed by atoms with van der Waals surface area (Å²) >= 11 is 0. The van der Waals surface area contributed by atoms with Gasteiger partial charge in [0.1, 0.15) is 11.7 Å². The Labute approximate surface area is 162 Å². The third-order valence-corrected chi connectivity index (χ3v) is 9.12. The number of pyridine rings is 1. The summed E-state index contributed by atoms with van der Waals surface area (Å²) in [5.74, 6) is -1.34. The molecular formula is C17H25F3N2O5Si. The zero-order valence-corrected chi connectivity index (χ0v) is 17.6. The van der Waals surface area contributed by atoms with Crippen molar-refractivity contribution in [3.8, 4) is 5.88 Å². The molecule has 11 heteroatoms. The molecule has 0 bridgehead atoms. The largest absolute Gasteiger partial charge is 0.481 e. The van der Waals surface area contributed by atoms with Crippen LogP contribution < -0.4 is 10.1 Å².